The predicted octanol–water partition coefficient (Wildman–Crippen LogP) is 2.26. The van der Waals surface area contributed by atoms with Gasteiger partial charge in [-0.2, -0.15) is 0 Å². The second-order valence-electron chi connectivity index (χ2n) is 5.71. The van der Waals surface area contributed by atoms with Gasteiger partial charge in [0.2, 0.25) is 5.91 Å². The summed E-state index contributed by atoms with van der Waals surface area (Å²) in [4.78, 5) is 23.5. The molecule has 0 aromatic heterocycles. The smallest absolute Gasteiger partial charge is 0.251 e. The van der Waals surface area contributed by atoms with E-state index in [-0.39, 0.29) is 11.8 Å². The first-order chi connectivity index (χ1) is 10.6. The molecule has 1 fully saturated rings. The maximum atomic E-state index is 12.0. The molecule has 1 aromatic carbocycles. The van der Waals surface area contributed by atoms with Gasteiger partial charge in [0.05, 0.1) is 6.10 Å². The van der Waals surface area contributed by atoms with Crippen LogP contribution in [0.3, 0.4) is 0 Å². The largest absolute Gasteiger partial charge is 0.490 e. The van der Waals surface area contributed by atoms with E-state index >= 15 is 0 Å². The van der Waals surface area contributed by atoms with Gasteiger partial charge in [0, 0.05) is 12.6 Å². The first kappa shape index (κ1) is 16.3. The van der Waals surface area contributed by atoms with Gasteiger partial charge < -0.3 is 15.4 Å². The number of carbonyl (C=O) groups excluding carboxylic acids is 2. The van der Waals surface area contributed by atoms with E-state index in [9.17, 15) is 9.59 Å². The molecule has 120 valence electrons. The van der Waals surface area contributed by atoms with Crippen LogP contribution in [0, 0.1) is 0 Å². The highest BCUT2D eigenvalue weighted by molar-refractivity contribution is 5.97. The molecule has 22 heavy (non-hydrogen) atoms. The second-order valence-corrected chi connectivity index (χ2v) is 5.71. The van der Waals surface area contributed by atoms with Crippen molar-refractivity contribution in [1.82, 2.24) is 10.6 Å². The van der Waals surface area contributed by atoms with Crippen molar-refractivity contribution < 1.29 is 14.3 Å². The fourth-order valence-electron chi connectivity index (χ4n) is 2.62. The quantitative estimate of drug-likeness (QED) is 0.877. The summed E-state index contributed by atoms with van der Waals surface area (Å²) in [6, 6.07) is 6.52. The van der Waals surface area contributed by atoms with E-state index in [1.807, 2.05) is 12.1 Å². The number of ether oxygens (including phenoxy) is 1. The lowest BCUT2D eigenvalue weighted by Crippen LogP contribution is -2.43. The lowest BCUT2D eigenvalue weighted by atomic mass is 9.98. The molecule has 1 atom stereocenters. The van der Waals surface area contributed by atoms with Gasteiger partial charge in [0.15, 0.2) is 0 Å². The summed E-state index contributed by atoms with van der Waals surface area (Å²) in [5.41, 5.74) is 0.520. The Labute approximate surface area is 131 Å². The van der Waals surface area contributed by atoms with E-state index in [1.165, 1.54) is 19.3 Å². The summed E-state index contributed by atoms with van der Waals surface area (Å²) in [5.74, 6) is 0.314. The molecule has 0 heterocycles. The summed E-state index contributed by atoms with van der Waals surface area (Å²) < 4.78 is 5.93. The minimum absolute atomic E-state index is 0.217. The molecule has 1 saturated carbocycles. The Morgan fingerprint density at radius 2 is 1.77 bits per heavy atom. The minimum Gasteiger partial charge on any atom is -0.490 e. The van der Waals surface area contributed by atoms with Crippen molar-refractivity contribution in [2.75, 3.05) is 7.05 Å². The molecular formula is C17H24N2O3. The number of carbonyl (C=O) groups is 2. The van der Waals surface area contributed by atoms with Crippen molar-refractivity contribution in [2.45, 2.75) is 51.2 Å². The van der Waals surface area contributed by atoms with E-state index in [2.05, 4.69) is 10.6 Å². The van der Waals surface area contributed by atoms with Crippen LogP contribution in [0.25, 0.3) is 0 Å². The van der Waals surface area contributed by atoms with Crippen LogP contribution in [0.2, 0.25) is 0 Å². The second kappa shape index (κ2) is 7.82. The Morgan fingerprint density at radius 1 is 1.14 bits per heavy atom. The molecule has 5 heteroatoms. The van der Waals surface area contributed by atoms with Crippen molar-refractivity contribution in [3.8, 4) is 5.75 Å². The molecule has 1 aliphatic carbocycles. The normalized spacial score (nSPS) is 16.6. The standard InChI is InChI=1S/C17H24N2O3/c1-12(16(20)18-2)19-17(21)13-8-10-15(11-9-13)22-14-6-4-3-5-7-14/h8-12,14H,3-7H2,1-2H3,(H,18,20)(H,19,21)/t12-/m1/s1. The van der Waals surface area contributed by atoms with Crippen LogP contribution in [0.15, 0.2) is 24.3 Å². The lowest BCUT2D eigenvalue weighted by molar-refractivity contribution is -0.122. The lowest BCUT2D eigenvalue weighted by Gasteiger charge is -2.23. The summed E-state index contributed by atoms with van der Waals surface area (Å²) in [5, 5.41) is 5.16. The zero-order valence-corrected chi connectivity index (χ0v) is 13.2. The number of amides is 2. The fourth-order valence-corrected chi connectivity index (χ4v) is 2.62. The Kier molecular flexibility index (Phi) is 5.81. The maximum absolute atomic E-state index is 12.0. The third kappa shape index (κ3) is 4.48. The number of benzene rings is 1. The third-order valence-electron chi connectivity index (χ3n) is 3.96. The van der Waals surface area contributed by atoms with Crippen LogP contribution in [-0.2, 0) is 4.79 Å². The molecular weight excluding hydrogens is 280 g/mol. The van der Waals surface area contributed by atoms with Crippen molar-refractivity contribution in [3.05, 3.63) is 29.8 Å². The number of nitrogens with one attached hydrogen (secondary N) is 2. The zero-order valence-electron chi connectivity index (χ0n) is 13.2. The average molecular weight is 304 g/mol. The molecule has 1 aliphatic rings. The molecule has 0 bridgehead atoms. The van der Waals surface area contributed by atoms with Gasteiger partial charge in [-0.15, -0.1) is 0 Å². The van der Waals surface area contributed by atoms with Gasteiger partial charge in [-0.3, -0.25) is 9.59 Å². The maximum Gasteiger partial charge on any atom is 0.251 e. The Morgan fingerprint density at radius 3 is 2.36 bits per heavy atom. The monoisotopic (exact) mass is 304 g/mol. The number of hydrogen-bond acceptors (Lipinski definition) is 3. The molecule has 1 aromatic rings. The molecule has 2 rings (SSSR count). The first-order valence-electron chi connectivity index (χ1n) is 7.89. The molecule has 0 radical (unpaired) electrons. The molecule has 0 aliphatic heterocycles. The van der Waals surface area contributed by atoms with Crippen molar-refractivity contribution in [2.24, 2.45) is 0 Å². The van der Waals surface area contributed by atoms with Crippen LogP contribution in [0.4, 0.5) is 0 Å². The Hall–Kier alpha value is -2.04. The number of hydrogen-bond donors (Lipinski definition) is 2. The van der Waals surface area contributed by atoms with E-state index < -0.39 is 6.04 Å². The predicted molar refractivity (Wildman–Crippen MR) is 84.9 cm³/mol. The van der Waals surface area contributed by atoms with Crippen LogP contribution in [0.1, 0.15) is 49.4 Å². The van der Waals surface area contributed by atoms with E-state index in [1.54, 1.807) is 26.1 Å². The highest BCUT2D eigenvalue weighted by atomic mass is 16.5. The van der Waals surface area contributed by atoms with Gasteiger partial charge in [-0.25, -0.2) is 0 Å². The van der Waals surface area contributed by atoms with Crippen molar-refractivity contribution in [1.29, 1.82) is 0 Å². The van der Waals surface area contributed by atoms with Crippen molar-refractivity contribution >= 4 is 11.8 Å². The van der Waals surface area contributed by atoms with Crippen LogP contribution < -0.4 is 15.4 Å². The number of rotatable bonds is 5. The van der Waals surface area contributed by atoms with E-state index in [4.69, 9.17) is 4.74 Å². The van der Waals surface area contributed by atoms with Crippen LogP contribution >= 0.6 is 0 Å². The van der Waals surface area contributed by atoms with E-state index in [0.29, 0.717) is 11.7 Å². The summed E-state index contributed by atoms with van der Waals surface area (Å²) >= 11 is 0. The SMILES string of the molecule is CNC(=O)[C@@H](C)NC(=O)c1ccc(OC2CCCCC2)cc1. The highest BCUT2D eigenvalue weighted by Gasteiger charge is 2.17. The van der Waals surface area contributed by atoms with E-state index in [0.717, 1.165) is 18.6 Å². The molecule has 2 amide bonds. The third-order valence-corrected chi connectivity index (χ3v) is 3.96. The molecule has 0 spiro atoms. The van der Waals surface area contributed by atoms with Gasteiger partial charge in [-0.05, 0) is 56.9 Å². The Balaban J connectivity index is 1.90. The topological polar surface area (TPSA) is 67.4 Å². The highest BCUT2D eigenvalue weighted by Crippen LogP contribution is 2.23. The summed E-state index contributed by atoms with van der Waals surface area (Å²) in [6.07, 6.45) is 6.24. The summed E-state index contributed by atoms with van der Waals surface area (Å²) in [7, 11) is 1.54. The molecule has 0 unspecified atom stereocenters. The van der Waals surface area contributed by atoms with Crippen molar-refractivity contribution in [3.63, 3.8) is 0 Å². The van der Waals surface area contributed by atoms with Crippen LogP contribution in [-0.4, -0.2) is 31.0 Å². The van der Waals surface area contributed by atoms with Gasteiger partial charge in [-0.1, -0.05) is 6.42 Å². The zero-order chi connectivity index (χ0) is 15.9. The van der Waals surface area contributed by atoms with Gasteiger partial charge in [0.1, 0.15) is 11.8 Å². The molecule has 0 saturated heterocycles. The fraction of sp³-hybridized carbons (Fsp3) is 0.529. The van der Waals surface area contributed by atoms with Crippen LogP contribution in [0.5, 0.6) is 5.75 Å². The number of likely N-dealkylation sites (N-methyl/N-ethyl adjacent to an activating group) is 1. The van der Waals surface area contributed by atoms with Gasteiger partial charge >= 0.3 is 0 Å². The average Bonchev–Trinajstić information content (AvgIpc) is 2.55. The summed E-state index contributed by atoms with van der Waals surface area (Å²) in [6.45, 7) is 1.65. The first-order valence-corrected chi connectivity index (χ1v) is 7.89. The molecule has 2 N–H and O–H groups in total. The van der Waals surface area contributed by atoms with Gasteiger partial charge in [0.25, 0.3) is 5.91 Å². The molecule has 5 nitrogen and oxygen atoms in total. The Bertz CT molecular complexity index is 507. The minimum atomic E-state index is -0.560.